The van der Waals surface area contributed by atoms with Crippen LogP contribution in [0.2, 0.25) is 0 Å². The first kappa shape index (κ1) is 17.5. The van der Waals surface area contributed by atoms with E-state index in [0.717, 1.165) is 30.5 Å². The van der Waals surface area contributed by atoms with Crippen LogP contribution in [-0.2, 0) is 17.6 Å². The van der Waals surface area contributed by atoms with Crippen LogP contribution in [-0.4, -0.2) is 21.7 Å². The van der Waals surface area contributed by atoms with E-state index in [2.05, 4.69) is 15.3 Å². The number of carbonyl (C=O) groups is 2. The number of carbonyl (C=O) groups excluding carboxylic acids is 2. The van der Waals surface area contributed by atoms with Crippen molar-refractivity contribution in [3.05, 3.63) is 64.8 Å². The molecule has 136 valence electrons. The summed E-state index contributed by atoms with van der Waals surface area (Å²) in [5.74, 6) is -0.188. The highest BCUT2D eigenvalue weighted by molar-refractivity contribution is 7.14. The number of Topliss-reactive ketones (excluding diaryl/α,β-unsaturated/α-hetero) is 1. The molecular weight excluding hydrogens is 358 g/mol. The summed E-state index contributed by atoms with van der Waals surface area (Å²) >= 11 is 1.36. The van der Waals surface area contributed by atoms with E-state index in [1.165, 1.54) is 22.5 Å². The third-order valence-electron chi connectivity index (χ3n) is 4.71. The van der Waals surface area contributed by atoms with E-state index in [4.69, 9.17) is 0 Å². The van der Waals surface area contributed by atoms with Crippen molar-refractivity contribution in [3.63, 3.8) is 0 Å². The quantitative estimate of drug-likeness (QED) is 0.650. The maximum absolute atomic E-state index is 12.4. The number of aromatic nitrogens is 2. The van der Waals surface area contributed by atoms with Crippen LogP contribution in [0, 0.1) is 0 Å². The van der Waals surface area contributed by atoms with E-state index < -0.39 is 0 Å². The summed E-state index contributed by atoms with van der Waals surface area (Å²) in [4.78, 5) is 33.0. The van der Waals surface area contributed by atoms with Crippen LogP contribution in [0.25, 0.3) is 11.3 Å². The molecule has 0 radical (unpaired) electrons. The third kappa shape index (κ3) is 4.11. The average molecular weight is 377 g/mol. The van der Waals surface area contributed by atoms with E-state index in [1.54, 1.807) is 12.4 Å². The molecule has 1 amide bonds. The average Bonchev–Trinajstić information content (AvgIpc) is 3.35. The van der Waals surface area contributed by atoms with Gasteiger partial charge >= 0.3 is 0 Å². The molecule has 3 aromatic rings. The molecule has 0 fully saturated rings. The van der Waals surface area contributed by atoms with Crippen molar-refractivity contribution in [3.8, 4) is 11.3 Å². The van der Waals surface area contributed by atoms with Crippen LogP contribution < -0.4 is 5.32 Å². The van der Waals surface area contributed by atoms with Crippen LogP contribution in [0.3, 0.4) is 0 Å². The Labute approximate surface area is 161 Å². The van der Waals surface area contributed by atoms with Crippen LogP contribution >= 0.6 is 11.3 Å². The van der Waals surface area contributed by atoms with Crippen molar-refractivity contribution in [2.24, 2.45) is 0 Å². The fourth-order valence-electron chi connectivity index (χ4n) is 3.28. The summed E-state index contributed by atoms with van der Waals surface area (Å²) in [5, 5.41) is 5.19. The van der Waals surface area contributed by atoms with Crippen molar-refractivity contribution in [2.75, 3.05) is 5.32 Å². The highest BCUT2D eigenvalue weighted by Gasteiger charge is 2.15. The van der Waals surface area contributed by atoms with Gasteiger partial charge in [0, 0.05) is 41.7 Å². The number of rotatable bonds is 6. The van der Waals surface area contributed by atoms with Gasteiger partial charge in [-0.05, 0) is 48.6 Å². The van der Waals surface area contributed by atoms with Crippen molar-refractivity contribution in [2.45, 2.75) is 32.1 Å². The van der Waals surface area contributed by atoms with E-state index in [0.29, 0.717) is 10.7 Å². The SMILES string of the molecule is O=C(CCC(=O)c1ccc2c(c1)CCC2)Nc1nc(-c2cccnc2)cs1. The van der Waals surface area contributed by atoms with Gasteiger partial charge in [-0.1, -0.05) is 12.1 Å². The van der Waals surface area contributed by atoms with Gasteiger partial charge in [-0.25, -0.2) is 4.98 Å². The number of thiazole rings is 1. The molecule has 1 N–H and O–H groups in total. The normalized spacial score (nSPS) is 12.6. The predicted octanol–water partition coefficient (Wildman–Crippen LogP) is 4.30. The Morgan fingerprint density at radius 3 is 2.85 bits per heavy atom. The second kappa shape index (κ2) is 7.80. The number of amides is 1. The molecule has 1 aliphatic carbocycles. The van der Waals surface area contributed by atoms with E-state index in [1.807, 2.05) is 35.7 Å². The molecule has 0 atom stereocenters. The van der Waals surface area contributed by atoms with Gasteiger partial charge in [0.1, 0.15) is 0 Å². The number of fused-ring (bicyclic) bond motifs is 1. The number of nitrogens with zero attached hydrogens (tertiary/aromatic N) is 2. The highest BCUT2D eigenvalue weighted by Crippen LogP contribution is 2.25. The summed E-state index contributed by atoms with van der Waals surface area (Å²) in [6, 6.07) is 9.68. The third-order valence-corrected chi connectivity index (χ3v) is 5.47. The van der Waals surface area contributed by atoms with Crippen LogP contribution in [0.15, 0.2) is 48.1 Å². The zero-order chi connectivity index (χ0) is 18.6. The largest absolute Gasteiger partial charge is 0.302 e. The number of anilines is 1. The highest BCUT2D eigenvalue weighted by atomic mass is 32.1. The van der Waals surface area contributed by atoms with Gasteiger partial charge in [-0.3, -0.25) is 14.6 Å². The topological polar surface area (TPSA) is 72.0 Å². The molecular formula is C21H19N3O2S. The lowest BCUT2D eigenvalue weighted by molar-refractivity contribution is -0.116. The first-order chi connectivity index (χ1) is 13.2. The Balaban J connectivity index is 1.32. The molecule has 6 heteroatoms. The smallest absolute Gasteiger partial charge is 0.226 e. The minimum Gasteiger partial charge on any atom is -0.302 e. The number of hydrogen-bond acceptors (Lipinski definition) is 5. The van der Waals surface area contributed by atoms with E-state index in [9.17, 15) is 9.59 Å². The second-order valence-corrected chi connectivity index (χ2v) is 7.45. The summed E-state index contributed by atoms with van der Waals surface area (Å²) in [7, 11) is 0. The maximum Gasteiger partial charge on any atom is 0.226 e. The Hall–Kier alpha value is -2.86. The van der Waals surface area contributed by atoms with Crippen molar-refractivity contribution >= 4 is 28.2 Å². The molecule has 0 spiro atoms. The molecule has 0 unspecified atom stereocenters. The summed E-state index contributed by atoms with van der Waals surface area (Å²) < 4.78 is 0. The monoisotopic (exact) mass is 377 g/mol. The summed E-state index contributed by atoms with van der Waals surface area (Å²) in [6.07, 6.45) is 7.08. The van der Waals surface area contributed by atoms with E-state index in [-0.39, 0.29) is 24.5 Å². The van der Waals surface area contributed by atoms with Gasteiger partial charge in [0.05, 0.1) is 5.69 Å². The van der Waals surface area contributed by atoms with Crippen LogP contribution in [0.5, 0.6) is 0 Å². The Morgan fingerprint density at radius 2 is 2.00 bits per heavy atom. The first-order valence-corrected chi connectivity index (χ1v) is 9.88. The predicted molar refractivity (Wildman–Crippen MR) is 106 cm³/mol. The lowest BCUT2D eigenvalue weighted by atomic mass is 10.0. The molecule has 1 aromatic carbocycles. The van der Waals surface area contributed by atoms with Gasteiger partial charge in [0.15, 0.2) is 10.9 Å². The number of aryl methyl sites for hydroxylation is 2. The Kier molecular flexibility index (Phi) is 5.07. The molecule has 0 saturated heterocycles. The number of nitrogens with one attached hydrogen (secondary N) is 1. The van der Waals surface area contributed by atoms with Crippen LogP contribution in [0.4, 0.5) is 5.13 Å². The lowest BCUT2D eigenvalue weighted by Crippen LogP contribution is -2.13. The number of ketones is 1. The molecule has 5 nitrogen and oxygen atoms in total. The van der Waals surface area contributed by atoms with Gasteiger partial charge in [0.2, 0.25) is 5.91 Å². The van der Waals surface area contributed by atoms with Crippen LogP contribution in [0.1, 0.15) is 40.7 Å². The Morgan fingerprint density at radius 1 is 1.11 bits per heavy atom. The second-order valence-electron chi connectivity index (χ2n) is 6.59. The van der Waals surface area contributed by atoms with Gasteiger partial charge in [0.25, 0.3) is 0 Å². The maximum atomic E-state index is 12.4. The first-order valence-electron chi connectivity index (χ1n) is 9.00. The summed E-state index contributed by atoms with van der Waals surface area (Å²) in [5.41, 5.74) is 5.00. The standard InChI is InChI=1S/C21H19N3O2S/c25-19(16-7-6-14-3-1-4-15(14)11-16)8-9-20(26)24-21-23-18(13-27-21)17-5-2-10-22-12-17/h2,5-7,10-13H,1,3-4,8-9H2,(H,23,24,26). The van der Waals surface area contributed by atoms with Crippen molar-refractivity contribution < 1.29 is 9.59 Å². The fraction of sp³-hybridized carbons (Fsp3) is 0.238. The number of hydrogen-bond donors (Lipinski definition) is 1. The van der Waals surface area contributed by atoms with E-state index >= 15 is 0 Å². The van der Waals surface area contributed by atoms with Crippen molar-refractivity contribution in [1.29, 1.82) is 0 Å². The van der Waals surface area contributed by atoms with Gasteiger partial charge in [-0.2, -0.15) is 0 Å². The molecule has 0 saturated carbocycles. The molecule has 2 heterocycles. The Bertz CT molecular complexity index is 982. The summed E-state index contributed by atoms with van der Waals surface area (Å²) in [6.45, 7) is 0. The van der Waals surface area contributed by atoms with Crippen molar-refractivity contribution in [1.82, 2.24) is 9.97 Å². The molecule has 27 heavy (non-hydrogen) atoms. The molecule has 0 aliphatic heterocycles. The molecule has 4 rings (SSSR count). The lowest BCUT2D eigenvalue weighted by Gasteiger charge is -2.05. The molecule has 1 aliphatic rings. The number of benzene rings is 1. The number of pyridine rings is 1. The molecule has 0 bridgehead atoms. The fourth-order valence-corrected chi connectivity index (χ4v) is 4.01. The van der Waals surface area contributed by atoms with Gasteiger partial charge in [-0.15, -0.1) is 11.3 Å². The minimum absolute atomic E-state index is 0.00929. The molecule has 2 aromatic heterocycles. The minimum atomic E-state index is -0.198. The zero-order valence-corrected chi connectivity index (χ0v) is 15.6. The van der Waals surface area contributed by atoms with Gasteiger partial charge < -0.3 is 5.32 Å². The zero-order valence-electron chi connectivity index (χ0n) is 14.8.